The summed E-state index contributed by atoms with van der Waals surface area (Å²) in [5.74, 6) is -0.523. The van der Waals surface area contributed by atoms with Gasteiger partial charge in [-0.1, -0.05) is 37.6 Å². The summed E-state index contributed by atoms with van der Waals surface area (Å²) in [5.41, 5.74) is 2.00. The highest BCUT2D eigenvalue weighted by Gasteiger charge is 2.18. The molecule has 2 aromatic rings. The lowest BCUT2D eigenvalue weighted by molar-refractivity contribution is 0.0749. The Morgan fingerprint density at radius 3 is 2.38 bits per heavy atom. The quantitative estimate of drug-likeness (QED) is 0.773. The third kappa shape index (κ3) is 5.05. The number of halogens is 1. The number of pyridine rings is 1. The minimum atomic E-state index is -0.373. The van der Waals surface area contributed by atoms with E-state index in [2.05, 4.69) is 10.3 Å². The van der Waals surface area contributed by atoms with E-state index in [1.54, 1.807) is 35.2 Å². The second-order valence-electron chi connectivity index (χ2n) is 6.11. The molecular weight excluding hydrogens is 350 g/mol. The minimum Gasteiger partial charge on any atom is -0.337 e. The van der Waals surface area contributed by atoms with E-state index in [1.807, 2.05) is 26.8 Å². The number of rotatable bonds is 7. The highest BCUT2D eigenvalue weighted by Crippen LogP contribution is 2.20. The van der Waals surface area contributed by atoms with Crippen molar-refractivity contribution in [1.29, 1.82) is 0 Å². The number of carbonyl (C=O) groups excluding carboxylic acids is 2. The van der Waals surface area contributed by atoms with Gasteiger partial charge in [-0.25, -0.2) is 4.98 Å². The Labute approximate surface area is 159 Å². The van der Waals surface area contributed by atoms with Crippen molar-refractivity contribution in [2.45, 2.75) is 33.6 Å². The molecule has 26 heavy (non-hydrogen) atoms. The Morgan fingerprint density at radius 2 is 1.73 bits per heavy atom. The Balaban J connectivity index is 2.21. The van der Waals surface area contributed by atoms with E-state index in [-0.39, 0.29) is 23.2 Å². The molecule has 0 spiro atoms. The summed E-state index contributed by atoms with van der Waals surface area (Å²) in [6.45, 7) is 7.28. The molecule has 0 atom stereocenters. The molecule has 0 aliphatic heterocycles. The van der Waals surface area contributed by atoms with Crippen molar-refractivity contribution in [3.05, 3.63) is 58.4 Å². The van der Waals surface area contributed by atoms with Gasteiger partial charge in [-0.15, -0.1) is 0 Å². The zero-order valence-corrected chi connectivity index (χ0v) is 16.1. The van der Waals surface area contributed by atoms with Crippen molar-refractivity contribution in [3.63, 3.8) is 0 Å². The van der Waals surface area contributed by atoms with Crippen molar-refractivity contribution in [2.24, 2.45) is 0 Å². The fraction of sp³-hybridized carbons (Fsp3) is 0.350. The average Bonchev–Trinajstić information content (AvgIpc) is 2.64. The monoisotopic (exact) mass is 373 g/mol. The normalized spacial score (nSPS) is 10.5. The first-order valence-electron chi connectivity index (χ1n) is 8.80. The molecule has 0 saturated carbocycles. The topological polar surface area (TPSA) is 62.3 Å². The molecule has 2 rings (SSSR count). The van der Waals surface area contributed by atoms with Crippen molar-refractivity contribution >= 4 is 29.1 Å². The first kappa shape index (κ1) is 19.9. The SMILES string of the molecule is CCCN(CCC)C(=O)c1cccc(C(=O)Nc2cc(Cl)ccc2C)n1. The van der Waals surface area contributed by atoms with E-state index in [0.717, 1.165) is 18.4 Å². The second-order valence-corrected chi connectivity index (χ2v) is 6.55. The molecule has 0 aliphatic rings. The number of benzene rings is 1. The van der Waals surface area contributed by atoms with Gasteiger partial charge in [0.25, 0.3) is 11.8 Å². The van der Waals surface area contributed by atoms with Gasteiger partial charge in [-0.2, -0.15) is 0 Å². The molecule has 1 heterocycles. The van der Waals surface area contributed by atoms with E-state index < -0.39 is 0 Å². The maximum Gasteiger partial charge on any atom is 0.274 e. The van der Waals surface area contributed by atoms with E-state index in [1.165, 1.54) is 0 Å². The fourth-order valence-corrected chi connectivity index (χ4v) is 2.78. The predicted octanol–water partition coefficient (Wildman–Crippen LogP) is 4.56. The van der Waals surface area contributed by atoms with Crippen molar-refractivity contribution in [3.8, 4) is 0 Å². The van der Waals surface area contributed by atoms with Crippen LogP contribution in [0.3, 0.4) is 0 Å². The molecule has 0 radical (unpaired) electrons. The largest absolute Gasteiger partial charge is 0.337 e. The van der Waals surface area contributed by atoms with Crippen LogP contribution in [-0.2, 0) is 0 Å². The first-order valence-corrected chi connectivity index (χ1v) is 9.17. The van der Waals surface area contributed by atoms with Crippen molar-refractivity contribution in [2.75, 3.05) is 18.4 Å². The molecule has 0 bridgehead atoms. The fourth-order valence-electron chi connectivity index (χ4n) is 2.61. The zero-order chi connectivity index (χ0) is 19.1. The number of aryl methyl sites for hydroxylation is 1. The summed E-state index contributed by atoms with van der Waals surface area (Å²) in [7, 11) is 0. The molecular formula is C20H24ClN3O2. The standard InChI is InChI=1S/C20H24ClN3O2/c1-4-11-24(12-5-2)20(26)17-8-6-7-16(22-17)19(25)23-18-13-15(21)10-9-14(18)3/h6-10,13H,4-5,11-12H2,1-3H3,(H,23,25). The lowest BCUT2D eigenvalue weighted by Gasteiger charge is -2.21. The Morgan fingerprint density at radius 1 is 1.08 bits per heavy atom. The Hall–Kier alpha value is -2.40. The number of amides is 2. The van der Waals surface area contributed by atoms with Crippen molar-refractivity contribution in [1.82, 2.24) is 9.88 Å². The molecule has 0 aliphatic carbocycles. The molecule has 1 aromatic heterocycles. The van der Waals surface area contributed by atoms with Gasteiger partial charge in [0.2, 0.25) is 0 Å². The van der Waals surface area contributed by atoms with E-state index >= 15 is 0 Å². The summed E-state index contributed by atoms with van der Waals surface area (Å²) < 4.78 is 0. The Bertz CT molecular complexity index is 786. The van der Waals surface area contributed by atoms with Crippen LogP contribution in [0.1, 0.15) is 53.2 Å². The number of nitrogens with one attached hydrogen (secondary N) is 1. The van der Waals surface area contributed by atoms with Crippen LogP contribution in [0.2, 0.25) is 5.02 Å². The lowest BCUT2D eigenvalue weighted by atomic mass is 10.2. The van der Waals surface area contributed by atoms with Gasteiger partial charge in [-0.05, 0) is 49.6 Å². The van der Waals surface area contributed by atoms with Crippen LogP contribution in [0.15, 0.2) is 36.4 Å². The van der Waals surface area contributed by atoms with Crippen LogP contribution in [0.25, 0.3) is 0 Å². The van der Waals surface area contributed by atoms with E-state index in [0.29, 0.717) is 23.8 Å². The minimum absolute atomic E-state index is 0.151. The van der Waals surface area contributed by atoms with Gasteiger partial charge in [0.1, 0.15) is 11.4 Å². The highest BCUT2D eigenvalue weighted by molar-refractivity contribution is 6.31. The molecule has 2 amide bonds. The van der Waals surface area contributed by atoms with E-state index in [4.69, 9.17) is 11.6 Å². The number of carbonyl (C=O) groups is 2. The van der Waals surface area contributed by atoms with Crippen LogP contribution in [0.4, 0.5) is 5.69 Å². The molecule has 138 valence electrons. The van der Waals surface area contributed by atoms with Gasteiger partial charge in [0, 0.05) is 23.8 Å². The van der Waals surface area contributed by atoms with Crippen LogP contribution in [0, 0.1) is 6.92 Å². The molecule has 5 nitrogen and oxygen atoms in total. The van der Waals surface area contributed by atoms with Crippen LogP contribution in [0.5, 0.6) is 0 Å². The number of hydrogen-bond donors (Lipinski definition) is 1. The highest BCUT2D eigenvalue weighted by atomic mass is 35.5. The molecule has 0 unspecified atom stereocenters. The number of aromatic nitrogens is 1. The number of nitrogens with zero attached hydrogens (tertiary/aromatic N) is 2. The van der Waals surface area contributed by atoms with Crippen LogP contribution in [-0.4, -0.2) is 34.8 Å². The van der Waals surface area contributed by atoms with Gasteiger partial charge in [0.15, 0.2) is 0 Å². The van der Waals surface area contributed by atoms with E-state index in [9.17, 15) is 9.59 Å². The smallest absolute Gasteiger partial charge is 0.274 e. The summed E-state index contributed by atoms with van der Waals surface area (Å²) >= 11 is 5.99. The zero-order valence-electron chi connectivity index (χ0n) is 15.4. The number of hydrogen-bond acceptors (Lipinski definition) is 3. The first-order chi connectivity index (χ1) is 12.5. The maximum absolute atomic E-state index is 12.7. The summed E-state index contributed by atoms with van der Waals surface area (Å²) in [6.07, 6.45) is 1.75. The predicted molar refractivity (Wildman–Crippen MR) is 105 cm³/mol. The lowest BCUT2D eigenvalue weighted by Crippen LogP contribution is -2.33. The number of anilines is 1. The summed E-state index contributed by atoms with van der Waals surface area (Å²) in [4.78, 5) is 31.2. The van der Waals surface area contributed by atoms with Gasteiger partial charge in [-0.3, -0.25) is 9.59 Å². The van der Waals surface area contributed by atoms with Crippen LogP contribution < -0.4 is 5.32 Å². The summed E-state index contributed by atoms with van der Waals surface area (Å²) in [6, 6.07) is 10.2. The maximum atomic E-state index is 12.7. The van der Waals surface area contributed by atoms with Gasteiger partial charge in [0.05, 0.1) is 0 Å². The molecule has 0 fully saturated rings. The van der Waals surface area contributed by atoms with Gasteiger partial charge < -0.3 is 10.2 Å². The van der Waals surface area contributed by atoms with Gasteiger partial charge >= 0.3 is 0 Å². The summed E-state index contributed by atoms with van der Waals surface area (Å²) in [5, 5.41) is 3.34. The molecule has 1 N–H and O–H groups in total. The average molecular weight is 374 g/mol. The molecule has 6 heteroatoms. The van der Waals surface area contributed by atoms with Crippen LogP contribution >= 0.6 is 11.6 Å². The Kier molecular flexibility index (Phi) is 7.16. The third-order valence-electron chi connectivity index (χ3n) is 3.92. The van der Waals surface area contributed by atoms with Crippen molar-refractivity contribution < 1.29 is 9.59 Å². The molecule has 1 aromatic carbocycles. The molecule has 0 saturated heterocycles. The third-order valence-corrected chi connectivity index (χ3v) is 4.16. The second kappa shape index (κ2) is 9.34.